The highest BCUT2D eigenvalue weighted by atomic mass is 35.5. The zero-order valence-electron chi connectivity index (χ0n) is 7.99. The van der Waals surface area contributed by atoms with Crippen LogP contribution < -0.4 is 5.69 Å². The molecule has 0 saturated heterocycles. The smallest absolute Gasteiger partial charge is 0.244 e. The summed E-state index contributed by atoms with van der Waals surface area (Å²) in [6.07, 6.45) is 0. The van der Waals surface area contributed by atoms with E-state index in [0.717, 1.165) is 5.56 Å². The maximum absolute atomic E-state index is 10.9. The van der Waals surface area contributed by atoms with Gasteiger partial charge in [-0.1, -0.05) is 23.7 Å². The van der Waals surface area contributed by atoms with Gasteiger partial charge < -0.3 is 0 Å². The molecule has 0 spiro atoms. The summed E-state index contributed by atoms with van der Waals surface area (Å²) >= 11 is 5.86. The Kier molecular flexibility index (Phi) is 2.51. The van der Waals surface area contributed by atoms with E-state index in [9.17, 15) is 4.79 Å². The van der Waals surface area contributed by atoms with Crippen LogP contribution in [-0.2, 0) is 0 Å². The van der Waals surface area contributed by atoms with Crippen LogP contribution in [-0.4, -0.2) is 15.2 Å². The van der Waals surface area contributed by atoms with Crippen molar-refractivity contribution in [2.75, 3.05) is 0 Å². The summed E-state index contributed by atoms with van der Waals surface area (Å²) < 4.78 is 0. The highest BCUT2D eigenvalue weighted by Crippen LogP contribution is 2.21. The van der Waals surface area contributed by atoms with E-state index in [4.69, 9.17) is 11.6 Å². The summed E-state index contributed by atoms with van der Waals surface area (Å²) in [5.74, 6) is 0. The number of aromatic amines is 1. The second-order valence-corrected chi connectivity index (χ2v) is 3.52. The molecule has 0 fully saturated rings. The summed E-state index contributed by atoms with van der Waals surface area (Å²) in [5.41, 5.74) is 1.61. The van der Waals surface area contributed by atoms with Gasteiger partial charge in [-0.2, -0.15) is 10.1 Å². The van der Waals surface area contributed by atoms with Gasteiger partial charge in [0.2, 0.25) is 0 Å². The van der Waals surface area contributed by atoms with Crippen molar-refractivity contribution in [3.05, 3.63) is 45.5 Å². The van der Waals surface area contributed by atoms with Crippen LogP contribution in [0.4, 0.5) is 0 Å². The van der Waals surface area contributed by atoms with Crippen molar-refractivity contribution in [3.63, 3.8) is 0 Å². The lowest BCUT2D eigenvalue weighted by atomic mass is 10.1. The highest BCUT2D eigenvalue weighted by Gasteiger charge is 2.05. The van der Waals surface area contributed by atoms with Crippen molar-refractivity contribution in [2.45, 2.75) is 6.92 Å². The maximum Gasteiger partial charge on any atom is 0.361 e. The average molecular weight is 222 g/mol. The summed E-state index contributed by atoms with van der Waals surface area (Å²) in [6, 6.07) is 7.24. The van der Waals surface area contributed by atoms with Crippen molar-refractivity contribution in [1.29, 1.82) is 0 Å². The Morgan fingerprint density at radius 2 is 2.20 bits per heavy atom. The molecule has 0 bridgehead atoms. The van der Waals surface area contributed by atoms with Gasteiger partial charge in [0.1, 0.15) is 5.69 Å². The Morgan fingerprint density at radius 1 is 1.40 bits per heavy atom. The van der Waals surface area contributed by atoms with Gasteiger partial charge in [0, 0.05) is 10.6 Å². The van der Waals surface area contributed by atoms with Gasteiger partial charge in [0.05, 0.1) is 5.69 Å². The van der Waals surface area contributed by atoms with Crippen LogP contribution >= 0.6 is 11.6 Å². The van der Waals surface area contributed by atoms with E-state index >= 15 is 0 Å². The number of hydrogen-bond donors (Lipinski definition) is 1. The molecule has 4 nitrogen and oxygen atoms in total. The van der Waals surface area contributed by atoms with E-state index in [-0.39, 0.29) is 0 Å². The number of halogens is 1. The predicted octanol–water partition coefficient (Wildman–Crippen LogP) is 1.79. The number of nitrogens with zero attached hydrogens (tertiary/aromatic N) is 2. The first-order chi connectivity index (χ1) is 7.16. The van der Waals surface area contributed by atoms with E-state index in [1.807, 2.05) is 12.1 Å². The third-order valence-electron chi connectivity index (χ3n) is 1.97. The lowest BCUT2D eigenvalue weighted by molar-refractivity contribution is 0.895. The Morgan fingerprint density at radius 3 is 2.87 bits per heavy atom. The first kappa shape index (κ1) is 9.86. The van der Waals surface area contributed by atoms with Crippen LogP contribution in [0.3, 0.4) is 0 Å². The van der Waals surface area contributed by atoms with E-state index in [1.54, 1.807) is 19.1 Å². The molecule has 15 heavy (non-hydrogen) atoms. The zero-order chi connectivity index (χ0) is 10.8. The van der Waals surface area contributed by atoms with Crippen LogP contribution in [0.5, 0.6) is 0 Å². The van der Waals surface area contributed by atoms with E-state index in [2.05, 4.69) is 15.2 Å². The van der Waals surface area contributed by atoms with Gasteiger partial charge >= 0.3 is 5.69 Å². The molecule has 0 unspecified atom stereocenters. The standard InChI is InChI=1S/C10H8ClN3O/c1-6-9(13-14-10(15)12-6)7-3-2-4-8(11)5-7/h2-5H,1H3,(H,12,14,15). The molecule has 0 aliphatic heterocycles. The summed E-state index contributed by atoms with van der Waals surface area (Å²) in [6.45, 7) is 1.73. The minimum Gasteiger partial charge on any atom is -0.244 e. The number of nitrogens with one attached hydrogen (secondary N) is 1. The first-order valence-electron chi connectivity index (χ1n) is 4.36. The average Bonchev–Trinajstić information content (AvgIpc) is 2.17. The monoisotopic (exact) mass is 221 g/mol. The van der Waals surface area contributed by atoms with Crippen molar-refractivity contribution in [2.24, 2.45) is 0 Å². The lowest BCUT2D eigenvalue weighted by Gasteiger charge is -2.02. The number of benzene rings is 1. The van der Waals surface area contributed by atoms with Crippen LogP contribution in [0.15, 0.2) is 29.1 Å². The van der Waals surface area contributed by atoms with Gasteiger partial charge in [-0.25, -0.2) is 9.89 Å². The molecule has 1 aromatic heterocycles. The van der Waals surface area contributed by atoms with Gasteiger partial charge in [-0.3, -0.25) is 0 Å². The quantitative estimate of drug-likeness (QED) is 0.799. The molecule has 1 N–H and O–H groups in total. The molecule has 0 atom stereocenters. The normalized spacial score (nSPS) is 10.3. The van der Waals surface area contributed by atoms with Crippen LogP contribution in [0.2, 0.25) is 5.02 Å². The number of hydrogen-bond acceptors (Lipinski definition) is 3. The number of rotatable bonds is 1. The van der Waals surface area contributed by atoms with E-state index < -0.39 is 5.69 Å². The van der Waals surface area contributed by atoms with Gasteiger partial charge in [-0.15, -0.1) is 0 Å². The molecule has 5 heteroatoms. The molecule has 2 aromatic rings. The Labute approximate surface area is 90.9 Å². The molecule has 1 aromatic carbocycles. The molecule has 0 saturated carbocycles. The SMILES string of the molecule is Cc1nc(=O)[nH]nc1-c1cccc(Cl)c1. The fourth-order valence-electron chi connectivity index (χ4n) is 1.32. The topological polar surface area (TPSA) is 58.6 Å². The molecule has 0 radical (unpaired) electrons. The lowest BCUT2D eigenvalue weighted by Crippen LogP contribution is -2.14. The summed E-state index contributed by atoms with van der Waals surface area (Å²) in [4.78, 5) is 14.6. The second kappa shape index (κ2) is 3.82. The molecule has 76 valence electrons. The van der Waals surface area contributed by atoms with Crippen molar-refractivity contribution < 1.29 is 0 Å². The van der Waals surface area contributed by atoms with Gasteiger partial charge in [0.25, 0.3) is 0 Å². The fourth-order valence-corrected chi connectivity index (χ4v) is 1.51. The largest absolute Gasteiger partial charge is 0.361 e. The van der Waals surface area contributed by atoms with Crippen molar-refractivity contribution in [3.8, 4) is 11.3 Å². The maximum atomic E-state index is 10.9. The molecule has 0 aliphatic carbocycles. The Bertz CT molecular complexity index is 550. The number of aromatic nitrogens is 3. The van der Waals surface area contributed by atoms with Crippen molar-refractivity contribution >= 4 is 11.6 Å². The number of aryl methyl sites for hydroxylation is 1. The fraction of sp³-hybridized carbons (Fsp3) is 0.100. The highest BCUT2D eigenvalue weighted by molar-refractivity contribution is 6.30. The minimum atomic E-state index is -0.446. The minimum absolute atomic E-state index is 0.446. The first-order valence-corrected chi connectivity index (χ1v) is 4.74. The van der Waals surface area contributed by atoms with Crippen LogP contribution in [0.1, 0.15) is 5.69 Å². The second-order valence-electron chi connectivity index (χ2n) is 3.08. The van der Waals surface area contributed by atoms with Crippen molar-refractivity contribution in [1.82, 2.24) is 15.2 Å². The summed E-state index contributed by atoms with van der Waals surface area (Å²) in [7, 11) is 0. The van der Waals surface area contributed by atoms with Gasteiger partial charge in [-0.05, 0) is 19.1 Å². The molecular formula is C10H8ClN3O. The third-order valence-corrected chi connectivity index (χ3v) is 2.21. The van der Waals surface area contributed by atoms with Gasteiger partial charge in [0.15, 0.2) is 0 Å². The molecular weight excluding hydrogens is 214 g/mol. The third kappa shape index (κ3) is 2.05. The Hall–Kier alpha value is -1.68. The molecule has 0 amide bonds. The van der Waals surface area contributed by atoms with Crippen LogP contribution in [0.25, 0.3) is 11.3 Å². The molecule has 0 aliphatic rings. The van der Waals surface area contributed by atoms with E-state index in [1.165, 1.54) is 0 Å². The predicted molar refractivity (Wildman–Crippen MR) is 57.8 cm³/mol. The van der Waals surface area contributed by atoms with E-state index in [0.29, 0.717) is 16.4 Å². The summed E-state index contributed by atoms with van der Waals surface area (Å²) in [5, 5.41) is 6.85. The van der Waals surface area contributed by atoms with Crippen LogP contribution in [0, 0.1) is 6.92 Å². The Balaban J connectivity index is 2.59. The molecule has 1 heterocycles. The molecule has 2 rings (SSSR count). The zero-order valence-corrected chi connectivity index (χ0v) is 8.75. The number of H-pyrrole nitrogens is 1.